The third kappa shape index (κ3) is 5.11. The van der Waals surface area contributed by atoms with Crippen molar-refractivity contribution >= 4 is 5.78 Å². The van der Waals surface area contributed by atoms with E-state index in [1.54, 1.807) is 6.08 Å². The standard InChI is InChI=1S/C8H14O.C3H6/c1-2-7-4-3-5-8(9)6-7;1-3-2/h7H,2-6H2,1H3;3H,1H2,2H3. The molecule has 0 spiro atoms. The third-order valence-electron chi connectivity index (χ3n) is 2.16. The minimum atomic E-state index is 0.480. The molecule has 0 saturated heterocycles. The van der Waals surface area contributed by atoms with Crippen LogP contribution in [0.2, 0.25) is 0 Å². The number of rotatable bonds is 1. The average Bonchev–Trinajstić information content (AvgIpc) is 2.06. The van der Waals surface area contributed by atoms with Crippen LogP contribution in [-0.2, 0) is 4.79 Å². The van der Waals surface area contributed by atoms with Crippen molar-refractivity contribution in [2.24, 2.45) is 5.92 Å². The molecule has 1 fully saturated rings. The summed E-state index contributed by atoms with van der Waals surface area (Å²) in [7, 11) is 0. The van der Waals surface area contributed by atoms with Crippen LogP contribution in [-0.4, -0.2) is 5.78 Å². The van der Waals surface area contributed by atoms with E-state index in [0.29, 0.717) is 11.7 Å². The van der Waals surface area contributed by atoms with Gasteiger partial charge in [-0.3, -0.25) is 4.79 Å². The summed E-state index contributed by atoms with van der Waals surface area (Å²) in [5.74, 6) is 1.19. The Kier molecular flexibility index (Phi) is 6.73. The van der Waals surface area contributed by atoms with Crippen molar-refractivity contribution in [2.45, 2.75) is 46.0 Å². The molecule has 0 radical (unpaired) electrons. The predicted molar refractivity (Wildman–Crippen MR) is 53.1 cm³/mol. The van der Waals surface area contributed by atoms with Crippen LogP contribution in [0.4, 0.5) is 0 Å². The molecule has 1 aliphatic carbocycles. The number of carbonyl (C=O) groups excluding carboxylic acids is 1. The van der Waals surface area contributed by atoms with E-state index >= 15 is 0 Å². The van der Waals surface area contributed by atoms with E-state index in [4.69, 9.17) is 0 Å². The fourth-order valence-corrected chi connectivity index (χ4v) is 1.46. The van der Waals surface area contributed by atoms with Gasteiger partial charge in [0, 0.05) is 12.8 Å². The largest absolute Gasteiger partial charge is 0.300 e. The monoisotopic (exact) mass is 168 g/mol. The highest BCUT2D eigenvalue weighted by Gasteiger charge is 2.16. The zero-order chi connectivity index (χ0) is 9.40. The van der Waals surface area contributed by atoms with Crippen LogP contribution in [0.5, 0.6) is 0 Å². The molecule has 0 bridgehead atoms. The lowest BCUT2D eigenvalue weighted by Crippen LogP contribution is -2.13. The minimum Gasteiger partial charge on any atom is -0.300 e. The van der Waals surface area contributed by atoms with E-state index in [2.05, 4.69) is 13.5 Å². The molecule has 1 aliphatic rings. The number of hydrogen-bond donors (Lipinski definition) is 0. The molecule has 1 heteroatoms. The van der Waals surface area contributed by atoms with Crippen LogP contribution in [0, 0.1) is 5.92 Å². The van der Waals surface area contributed by atoms with Gasteiger partial charge in [-0.05, 0) is 25.7 Å². The van der Waals surface area contributed by atoms with E-state index in [-0.39, 0.29) is 0 Å². The Morgan fingerprint density at radius 3 is 2.58 bits per heavy atom. The molecule has 0 heterocycles. The van der Waals surface area contributed by atoms with Gasteiger partial charge in [-0.25, -0.2) is 0 Å². The van der Waals surface area contributed by atoms with Crippen LogP contribution in [0.1, 0.15) is 46.0 Å². The van der Waals surface area contributed by atoms with Gasteiger partial charge in [0.05, 0.1) is 0 Å². The Morgan fingerprint density at radius 2 is 2.25 bits per heavy atom. The first-order valence-electron chi connectivity index (χ1n) is 4.83. The summed E-state index contributed by atoms with van der Waals surface area (Å²) in [6.45, 7) is 7.42. The fourth-order valence-electron chi connectivity index (χ4n) is 1.46. The van der Waals surface area contributed by atoms with Crippen molar-refractivity contribution in [1.29, 1.82) is 0 Å². The van der Waals surface area contributed by atoms with Gasteiger partial charge in [-0.1, -0.05) is 19.4 Å². The summed E-state index contributed by atoms with van der Waals surface area (Å²) in [5, 5.41) is 0. The molecule has 1 saturated carbocycles. The van der Waals surface area contributed by atoms with Crippen molar-refractivity contribution in [1.82, 2.24) is 0 Å². The maximum absolute atomic E-state index is 10.8. The summed E-state index contributed by atoms with van der Waals surface area (Å²) < 4.78 is 0. The second-order valence-corrected chi connectivity index (χ2v) is 3.32. The highest BCUT2D eigenvalue weighted by Crippen LogP contribution is 2.23. The Bertz CT molecular complexity index is 138. The second kappa shape index (κ2) is 7.08. The molecular weight excluding hydrogens is 148 g/mol. The maximum Gasteiger partial charge on any atom is 0.133 e. The quantitative estimate of drug-likeness (QED) is 0.549. The lowest BCUT2D eigenvalue weighted by atomic mass is 9.87. The normalized spacial score (nSPS) is 22.5. The summed E-state index contributed by atoms with van der Waals surface area (Å²) in [4.78, 5) is 10.8. The van der Waals surface area contributed by atoms with E-state index in [0.717, 1.165) is 19.3 Å². The molecule has 1 unspecified atom stereocenters. The van der Waals surface area contributed by atoms with Gasteiger partial charge in [0.25, 0.3) is 0 Å². The topological polar surface area (TPSA) is 17.1 Å². The average molecular weight is 168 g/mol. The van der Waals surface area contributed by atoms with Crippen LogP contribution in [0.15, 0.2) is 12.7 Å². The van der Waals surface area contributed by atoms with Gasteiger partial charge in [-0.2, -0.15) is 0 Å². The van der Waals surface area contributed by atoms with E-state index in [9.17, 15) is 4.79 Å². The first kappa shape index (κ1) is 11.4. The SMILES string of the molecule is C=CC.CCC1CCCC(=O)C1. The highest BCUT2D eigenvalue weighted by atomic mass is 16.1. The molecule has 0 N–H and O–H groups in total. The molecule has 1 rings (SSSR count). The van der Waals surface area contributed by atoms with Crippen LogP contribution in [0.25, 0.3) is 0 Å². The van der Waals surface area contributed by atoms with Gasteiger partial charge in [0.2, 0.25) is 0 Å². The molecule has 70 valence electrons. The van der Waals surface area contributed by atoms with Gasteiger partial charge < -0.3 is 0 Å². The first-order valence-corrected chi connectivity index (χ1v) is 4.83. The van der Waals surface area contributed by atoms with Crippen molar-refractivity contribution in [3.63, 3.8) is 0 Å². The van der Waals surface area contributed by atoms with Crippen molar-refractivity contribution in [2.75, 3.05) is 0 Å². The van der Waals surface area contributed by atoms with Crippen molar-refractivity contribution < 1.29 is 4.79 Å². The zero-order valence-electron chi connectivity index (χ0n) is 8.31. The summed E-state index contributed by atoms with van der Waals surface area (Å²) in [6.07, 6.45) is 7.05. The number of ketones is 1. The number of Topliss-reactive ketones (excluding diaryl/α,β-unsaturated/α-hetero) is 1. The number of allylic oxidation sites excluding steroid dienone is 1. The lowest BCUT2D eigenvalue weighted by molar-refractivity contribution is -0.121. The Labute approximate surface area is 75.9 Å². The fraction of sp³-hybridized carbons (Fsp3) is 0.727. The summed E-state index contributed by atoms with van der Waals surface area (Å²) in [5.41, 5.74) is 0. The molecular formula is C11H20O. The smallest absolute Gasteiger partial charge is 0.133 e. The van der Waals surface area contributed by atoms with Crippen molar-refractivity contribution in [3.05, 3.63) is 12.7 Å². The Morgan fingerprint density at radius 1 is 1.67 bits per heavy atom. The molecule has 1 atom stereocenters. The van der Waals surface area contributed by atoms with Crippen LogP contribution >= 0.6 is 0 Å². The first-order chi connectivity index (χ1) is 5.74. The minimum absolute atomic E-state index is 0.480. The molecule has 0 aromatic heterocycles. The van der Waals surface area contributed by atoms with Gasteiger partial charge in [0.1, 0.15) is 5.78 Å². The lowest BCUT2D eigenvalue weighted by Gasteiger charge is -2.18. The zero-order valence-corrected chi connectivity index (χ0v) is 8.31. The van der Waals surface area contributed by atoms with Crippen LogP contribution in [0.3, 0.4) is 0 Å². The number of hydrogen-bond acceptors (Lipinski definition) is 1. The molecule has 0 amide bonds. The Balaban J connectivity index is 0.000000354. The molecule has 1 nitrogen and oxygen atoms in total. The Hall–Kier alpha value is -0.590. The molecule has 0 aromatic rings. The summed E-state index contributed by atoms with van der Waals surface area (Å²) >= 11 is 0. The second-order valence-electron chi connectivity index (χ2n) is 3.32. The van der Waals surface area contributed by atoms with Gasteiger partial charge >= 0.3 is 0 Å². The van der Waals surface area contributed by atoms with Gasteiger partial charge in [-0.15, -0.1) is 6.58 Å². The van der Waals surface area contributed by atoms with E-state index < -0.39 is 0 Å². The van der Waals surface area contributed by atoms with Gasteiger partial charge in [0.15, 0.2) is 0 Å². The van der Waals surface area contributed by atoms with E-state index in [1.165, 1.54) is 12.8 Å². The maximum atomic E-state index is 10.8. The molecule has 0 aromatic carbocycles. The molecule has 12 heavy (non-hydrogen) atoms. The summed E-state index contributed by atoms with van der Waals surface area (Å²) in [6, 6.07) is 0. The number of carbonyl (C=O) groups is 1. The predicted octanol–water partition coefficient (Wildman–Crippen LogP) is 3.35. The molecule has 0 aliphatic heterocycles. The van der Waals surface area contributed by atoms with E-state index in [1.807, 2.05) is 6.92 Å². The third-order valence-corrected chi connectivity index (χ3v) is 2.16. The van der Waals surface area contributed by atoms with Crippen LogP contribution < -0.4 is 0 Å². The van der Waals surface area contributed by atoms with Crippen molar-refractivity contribution in [3.8, 4) is 0 Å². The highest BCUT2D eigenvalue weighted by molar-refractivity contribution is 5.79.